The quantitative estimate of drug-likeness (QED) is 0.307. The van der Waals surface area contributed by atoms with Crippen molar-refractivity contribution in [3.8, 4) is 11.5 Å². The van der Waals surface area contributed by atoms with Crippen LogP contribution in [0.3, 0.4) is 0 Å². The van der Waals surface area contributed by atoms with E-state index >= 15 is 0 Å². The molecule has 0 atom stereocenters. The first-order valence-electron chi connectivity index (χ1n) is 12.5. The molecule has 198 valence electrons. The van der Waals surface area contributed by atoms with E-state index in [4.69, 9.17) is 14.2 Å². The molecular weight excluding hydrogens is 470 g/mol. The van der Waals surface area contributed by atoms with Gasteiger partial charge in [-0.1, -0.05) is 30.3 Å². The second-order valence-electron chi connectivity index (χ2n) is 8.69. The van der Waals surface area contributed by atoms with E-state index < -0.39 is 0 Å². The summed E-state index contributed by atoms with van der Waals surface area (Å²) in [5, 5.41) is 0. The van der Waals surface area contributed by atoms with E-state index in [-0.39, 0.29) is 18.4 Å². The molecule has 0 N–H and O–H groups in total. The molecular formula is C29H37N3O5. The van der Waals surface area contributed by atoms with Gasteiger partial charge < -0.3 is 28.6 Å². The van der Waals surface area contributed by atoms with Crippen molar-refractivity contribution in [2.75, 3.05) is 40.5 Å². The van der Waals surface area contributed by atoms with Crippen molar-refractivity contribution in [1.82, 2.24) is 14.4 Å². The third kappa shape index (κ3) is 7.85. The van der Waals surface area contributed by atoms with E-state index in [0.29, 0.717) is 56.3 Å². The number of aryl methyl sites for hydroxylation is 1. The van der Waals surface area contributed by atoms with Crippen LogP contribution in [0.4, 0.5) is 0 Å². The minimum atomic E-state index is -0.275. The van der Waals surface area contributed by atoms with E-state index in [9.17, 15) is 9.59 Å². The molecule has 0 aliphatic heterocycles. The normalized spacial score (nSPS) is 10.7. The number of benzene rings is 2. The van der Waals surface area contributed by atoms with Gasteiger partial charge in [-0.25, -0.2) is 0 Å². The van der Waals surface area contributed by atoms with Crippen molar-refractivity contribution in [2.24, 2.45) is 7.05 Å². The van der Waals surface area contributed by atoms with Crippen molar-refractivity contribution in [3.63, 3.8) is 0 Å². The fourth-order valence-corrected chi connectivity index (χ4v) is 4.06. The molecule has 0 aliphatic carbocycles. The van der Waals surface area contributed by atoms with Gasteiger partial charge in [-0.15, -0.1) is 0 Å². The molecule has 0 unspecified atom stereocenters. The first kappa shape index (κ1) is 27.8. The monoisotopic (exact) mass is 507 g/mol. The second kappa shape index (κ2) is 14.1. The Bertz CT molecular complexity index is 1150. The highest BCUT2D eigenvalue weighted by atomic mass is 16.5. The Kier molecular flexibility index (Phi) is 10.6. The van der Waals surface area contributed by atoms with Gasteiger partial charge in [-0.2, -0.15) is 0 Å². The predicted molar refractivity (Wildman–Crippen MR) is 143 cm³/mol. The van der Waals surface area contributed by atoms with Crippen LogP contribution in [0.2, 0.25) is 0 Å². The third-order valence-corrected chi connectivity index (χ3v) is 6.15. The molecule has 0 fully saturated rings. The van der Waals surface area contributed by atoms with Gasteiger partial charge in [-0.3, -0.25) is 9.59 Å². The van der Waals surface area contributed by atoms with Crippen LogP contribution >= 0.6 is 0 Å². The van der Waals surface area contributed by atoms with E-state index in [1.54, 1.807) is 35.1 Å². The number of methoxy groups -OCH3 is 2. The summed E-state index contributed by atoms with van der Waals surface area (Å²) in [6.45, 7) is 4.23. The van der Waals surface area contributed by atoms with Crippen LogP contribution in [0.25, 0.3) is 0 Å². The maximum absolute atomic E-state index is 13.7. The van der Waals surface area contributed by atoms with Crippen LogP contribution in [0, 0.1) is 0 Å². The minimum Gasteiger partial charge on any atom is -0.497 e. The van der Waals surface area contributed by atoms with Crippen LogP contribution < -0.4 is 9.47 Å². The molecule has 2 amide bonds. The highest BCUT2D eigenvalue weighted by Crippen LogP contribution is 2.26. The summed E-state index contributed by atoms with van der Waals surface area (Å²) in [4.78, 5) is 30.7. The molecule has 1 aromatic heterocycles. The van der Waals surface area contributed by atoms with Gasteiger partial charge in [0, 0.05) is 51.3 Å². The smallest absolute Gasteiger partial charge is 0.258 e. The van der Waals surface area contributed by atoms with Gasteiger partial charge in [0.1, 0.15) is 18.0 Å². The molecule has 8 heteroatoms. The molecule has 0 bridgehead atoms. The predicted octanol–water partition coefficient (Wildman–Crippen LogP) is 4.14. The van der Waals surface area contributed by atoms with Crippen molar-refractivity contribution >= 4 is 11.8 Å². The number of hydrogen-bond donors (Lipinski definition) is 0. The number of hydrogen-bond acceptors (Lipinski definition) is 5. The number of carbonyl (C=O) groups is 2. The molecule has 0 radical (unpaired) electrons. The maximum Gasteiger partial charge on any atom is 0.258 e. The molecule has 0 saturated heterocycles. The average Bonchev–Trinajstić information content (AvgIpc) is 3.33. The molecule has 8 nitrogen and oxygen atoms in total. The van der Waals surface area contributed by atoms with Crippen molar-refractivity contribution in [2.45, 2.75) is 26.4 Å². The van der Waals surface area contributed by atoms with Crippen molar-refractivity contribution in [1.29, 1.82) is 0 Å². The zero-order valence-corrected chi connectivity index (χ0v) is 22.2. The van der Waals surface area contributed by atoms with E-state index in [2.05, 4.69) is 0 Å². The van der Waals surface area contributed by atoms with Gasteiger partial charge in [0.25, 0.3) is 5.91 Å². The molecule has 0 spiro atoms. The Morgan fingerprint density at radius 3 is 2.35 bits per heavy atom. The topological polar surface area (TPSA) is 73.2 Å². The lowest BCUT2D eigenvalue weighted by Gasteiger charge is -2.28. The van der Waals surface area contributed by atoms with Crippen molar-refractivity contribution in [3.05, 3.63) is 83.7 Å². The molecule has 2 aromatic carbocycles. The zero-order chi connectivity index (χ0) is 26.6. The third-order valence-electron chi connectivity index (χ3n) is 6.15. The summed E-state index contributed by atoms with van der Waals surface area (Å²) in [6.07, 6.45) is 2.57. The Morgan fingerprint density at radius 2 is 1.70 bits per heavy atom. The number of ether oxygens (including phenoxy) is 3. The number of amides is 2. The average molecular weight is 508 g/mol. The lowest BCUT2D eigenvalue weighted by atomic mass is 10.1. The van der Waals surface area contributed by atoms with E-state index in [0.717, 1.165) is 11.3 Å². The Hall–Kier alpha value is -3.78. The summed E-state index contributed by atoms with van der Waals surface area (Å²) in [5.41, 5.74) is 2.41. The van der Waals surface area contributed by atoms with Crippen LogP contribution in [0.5, 0.6) is 11.5 Å². The minimum absolute atomic E-state index is 0.0581. The van der Waals surface area contributed by atoms with Gasteiger partial charge in [0.05, 0.1) is 26.3 Å². The summed E-state index contributed by atoms with van der Waals surface area (Å²) in [6, 6.07) is 18.9. The summed E-state index contributed by atoms with van der Waals surface area (Å²) in [7, 11) is 5.03. The number of rotatable bonds is 14. The number of carbonyl (C=O) groups excluding carboxylic acids is 2. The molecule has 0 saturated carbocycles. The first-order chi connectivity index (χ1) is 18.0. The lowest BCUT2D eigenvalue weighted by Crippen LogP contribution is -2.43. The van der Waals surface area contributed by atoms with Crippen LogP contribution in [-0.4, -0.2) is 66.7 Å². The van der Waals surface area contributed by atoms with Gasteiger partial charge in [-0.05, 0) is 43.2 Å². The number of aromatic nitrogens is 1. The van der Waals surface area contributed by atoms with Crippen molar-refractivity contribution < 1.29 is 23.8 Å². The standard InChI is InChI=1S/C29H37N3O5/c1-5-37-18-10-17-31(29(34)26-15-14-25(35-3)19-27(26)36-4)22-28(33)32(20-23-11-7-6-8-12-23)21-24-13-9-16-30(24)2/h6-9,11-16,19H,5,10,17-18,20-22H2,1-4H3. The SMILES string of the molecule is CCOCCCN(CC(=O)N(Cc1ccccc1)Cc1cccn1C)C(=O)c1ccc(OC)cc1OC. The van der Waals surface area contributed by atoms with Crippen LogP contribution in [-0.2, 0) is 29.7 Å². The Labute approximate surface area is 219 Å². The summed E-state index contributed by atoms with van der Waals surface area (Å²) in [5.74, 6) is 0.575. The first-order valence-corrected chi connectivity index (χ1v) is 12.5. The highest BCUT2D eigenvalue weighted by Gasteiger charge is 2.25. The fourth-order valence-electron chi connectivity index (χ4n) is 4.06. The van der Waals surface area contributed by atoms with Gasteiger partial charge >= 0.3 is 0 Å². The molecule has 0 aliphatic rings. The maximum atomic E-state index is 13.7. The largest absolute Gasteiger partial charge is 0.497 e. The Morgan fingerprint density at radius 1 is 0.919 bits per heavy atom. The van der Waals surface area contributed by atoms with E-state index in [1.807, 2.05) is 67.2 Å². The Balaban J connectivity index is 1.85. The highest BCUT2D eigenvalue weighted by molar-refractivity contribution is 5.99. The second-order valence-corrected chi connectivity index (χ2v) is 8.69. The lowest BCUT2D eigenvalue weighted by molar-refractivity contribution is -0.133. The molecule has 37 heavy (non-hydrogen) atoms. The summed E-state index contributed by atoms with van der Waals surface area (Å²) < 4.78 is 18.2. The number of nitrogens with zero attached hydrogens (tertiary/aromatic N) is 3. The molecule has 3 aromatic rings. The molecule has 1 heterocycles. The zero-order valence-electron chi connectivity index (χ0n) is 22.2. The molecule has 3 rings (SSSR count). The van der Waals surface area contributed by atoms with E-state index in [1.165, 1.54) is 7.11 Å². The summed E-state index contributed by atoms with van der Waals surface area (Å²) >= 11 is 0. The van der Waals surface area contributed by atoms with Gasteiger partial charge in [0.15, 0.2) is 0 Å². The van der Waals surface area contributed by atoms with Crippen LogP contribution in [0.15, 0.2) is 66.9 Å². The van der Waals surface area contributed by atoms with Crippen LogP contribution in [0.1, 0.15) is 35.0 Å². The van der Waals surface area contributed by atoms with Gasteiger partial charge in [0.2, 0.25) is 5.91 Å². The fraction of sp³-hybridized carbons (Fsp3) is 0.379.